The molecule has 0 spiro atoms. The quantitative estimate of drug-likeness (QED) is 0.721. The number of pyridine rings is 1. The number of aromatic nitrogens is 3. The SMILES string of the molecule is Cc1ccc(-c2[nH]nc(N)c2-c2ccccn2)o1. The molecule has 0 bridgehead atoms. The summed E-state index contributed by atoms with van der Waals surface area (Å²) in [7, 11) is 0. The summed E-state index contributed by atoms with van der Waals surface area (Å²) in [5.74, 6) is 1.96. The van der Waals surface area contributed by atoms with Crippen LogP contribution in [0.15, 0.2) is 40.9 Å². The normalized spacial score (nSPS) is 10.7. The van der Waals surface area contributed by atoms with Crippen molar-refractivity contribution in [1.29, 1.82) is 0 Å². The largest absolute Gasteiger partial charge is 0.460 e. The Kier molecular flexibility index (Phi) is 2.37. The lowest BCUT2D eigenvalue weighted by Crippen LogP contribution is -1.90. The predicted octanol–water partition coefficient (Wildman–Crippen LogP) is 2.62. The third kappa shape index (κ3) is 1.66. The Morgan fingerprint density at radius 3 is 2.78 bits per heavy atom. The van der Waals surface area contributed by atoms with Gasteiger partial charge in [0.15, 0.2) is 11.6 Å². The fourth-order valence-corrected chi connectivity index (χ4v) is 1.87. The molecule has 0 aliphatic heterocycles. The molecule has 90 valence electrons. The number of nitrogens with one attached hydrogen (secondary N) is 1. The van der Waals surface area contributed by atoms with Crippen LogP contribution in [0.4, 0.5) is 5.82 Å². The van der Waals surface area contributed by atoms with E-state index in [-0.39, 0.29) is 0 Å². The van der Waals surface area contributed by atoms with Crippen molar-refractivity contribution < 1.29 is 4.42 Å². The summed E-state index contributed by atoms with van der Waals surface area (Å²) in [5.41, 5.74) is 8.18. The molecule has 0 aliphatic carbocycles. The van der Waals surface area contributed by atoms with Crippen LogP contribution in [0.1, 0.15) is 5.76 Å². The molecule has 3 heterocycles. The van der Waals surface area contributed by atoms with Gasteiger partial charge in [-0.15, -0.1) is 0 Å². The molecule has 0 unspecified atom stereocenters. The molecule has 0 fully saturated rings. The van der Waals surface area contributed by atoms with Gasteiger partial charge in [0.05, 0.1) is 11.3 Å². The molecule has 0 saturated heterocycles. The Bertz CT molecular complexity index is 669. The second-order valence-electron chi connectivity index (χ2n) is 3.98. The molecule has 18 heavy (non-hydrogen) atoms. The maximum Gasteiger partial charge on any atom is 0.155 e. The van der Waals surface area contributed by atoms with E-state index in [2.05, 4.69) is 15.2 Å². The zero-order valence-electron chi connectivity index (χ0n) is 9.84. The molecule has 3 N–H and O–H groups in total. The second kappa shape index (κ2) is 4.03. The van der Waals surface area contributed by atoms with Crippen LogP contribution in [-0.2, 0) is 0 Å². The summed E-state index contributed by atoms with van der Waals surface area (Å²) in [6.07, 6.45) is 1.72. The Morgan fingerprint density at radius 2 is 2.11 bits per heavy atom. The average molecular weight is 240 g/mol. The minimum Gasteiger partial charge on any atom is -0.460 e. The van der Waals surface area contributed by atoms with Crippen molar-refractivity contribution in [2.24, 2.45) is 0 Å². The third-order valence-corrected chi connectivity index (χ3v) is 2.70. The molecular weight excluding hydrogens is 228 g/mol. The van der Waals surface area contributed by atoms with E-state index in [1.54, 1.807) is 6.20 Å². The summed E-state index contributed by atoms with van der Waals surface area (Å²) in [4.78, 5) is 4.29. The van der Waals surface area contributed by atoms with E-state index in [4.69, 9.17) is 10.2 Å². The van der Waals surface area contributed by atoms with Gasteiger partial charge in [-0.05, 0) is 31.2 Å². The van der Waals surface area contributed by atoms with Gasteiger partial charge in [0, 0.05) is 6.20 Å². The van der Waals surface area contributed by atoms with Crippen LogP contribution < -0.4 is 5.73 Å². The number of anilines is 1. The van der Waals surface area contributed by atoms with Crippen LogP contribution in [0.5, 0.6) is 0 Å². The number of aromatic amines is 1. The number of nitrogens with two attached hydrogens (primary N) is 1. The van der Waals surface area contributed by atoms with Gasteiger partial charge in [0.2, 0.25) is 0 Å². The van der Waals surface area contributed by atoms with Gasteiger partial charge < -0.3 is 10.2 Å². The van der Waals surface area contributed by atoms with Crippen LogP contribution in [0, 0.1) is 6.92 Å². The molecule has 5 nitrogen and oxygen atoms in total. The summed E-state index contributed by atoms with van der Waals surface area (Å²) in [6, 6.07) is 9.44. The fraction of sp³-hybridized carbons (Fsp3) is 0.0769. The van der Waals surface area contributed by atoms with Crippen molar-refractivity contribution in [2.45, 2.75) is 6.92 Å². The van der Waals surface area contributed by atoms with E-state index >= 15 is 0 Å². The zero-order valence-corrected chi connectivity index (χ0v) is 9.84. The first-order valence-corrected chi connectivity index (χ1v) is 5.58. The van der Waals surface area contributed by atoms with E-state index in [1.807, 2.05) is 37.3 Å². The molecule has 3 rings (SSSR count). The Morgan fingerprint density at radius 1 is 1.22 bits per heavy atom. The van der Waals surface area contributed by atoms with Gasteiger partial charge in [0.25, 0.3) is 0 Å². The molecule has 5 heteroatoms. The van der Waals surface area contributed by atoms with Gasteiger partial charge in [-0.25, -0.2) is 0 Å². The number of H-pyrrole nitrogens is 1. The highest BCUT2D eigenvalue weighted by atomic mass is 16.3. The Balaban J connectivity index is 2.18. The molecular formula is C13H12N4O. The first kappa shape index (κ1) is 10.6. The van der Waals surface area contributed by atoms with E-state index in [1.165, 1.54) is 0 Å². The standard InChI is InChI=1S/C13H12N4O/c1-8-5-6-10(18-8)12-11(13(14)17-16-12)9-4-2-3-7-15-9/h2-7H,1H3,(H3,14,16,17). The highest BCUT2D eigenvalue weighted by Gasteiger charge is 2.17. The lowest BCUT2D eigenvalue weighted by atomic mass is 10.1. The van der Waals surface area contributed by atoms with Crippen LogP contribution in [0.3, 0.4) is 0 Å². The highest BCUT2D eigenvalue weighted by Crippen LogP contribution is 2.33. The van der Waals surface area contributed by atoms with Crippen molar-refractivity contribution in [3.63, 3.8) is 0 Å². The fourth-order valence-electron chi connectivity index (χ4n) is 1.87. The zero-order chi connectivity index (χ0) is 12.5. The van der Waals surface area contributed by atoms with Crippen LogP contribution in [-0.4, -0.2) is 15.2 Å². The highest BCUT2D eigenvalue weighted by molar-refractivity contribution is 5.84. The first-order chi connectivity index (χ1) is 8.75. The van der Waals surface area contributed by atoms with Gasteiger partial charge in [-0.2, -0.15) is 5.10 Å². The molecule has 0 amide bonds. The van der Waals surface area contributed by atoms with Gasteiger partial charge in [-0.3, -0.25) is 10.1 Å². The van der Waals surface area contributed by atoms with Gasteiger partial charge in [0.1, 0.15) is 11.5 Å². The van der Waals surface area contributed by atoms with Crippen LogP contribution >= 0.6 is 0 Å². The van der Waals surface area contributed by atoms with Crippen molar-refractivity contribution in [1.82, 2.24) is 15.2 Å². The lowest BCUT2D eigenvalue weighted by Gasteiger charge is -2.00. The van der Waals surface area contributed by atoms with E-state index in [9.17, 15) is 0 Å². The monoisotopic (exact) mass is 240 g/mol. The van der Waals surface area contributed by atoms with Crippen LogP contribution in [0.2, 0.25) is 0 Å². The number of furan rings is 1. The molecule has 0 radical (unpaired) electrons. The van der Waals surface area contributed by atoms with Crippen molar-refractivity contribution in [3.05, 3.63) is 42.3 Å². The summed E-state index contributed by atoms with van der Waals surface area (Å²) in [5, 5.41) is 6.92. The number of nitrogens with zero attached hydrogens (tertiary/aromatic N) is 2. The number of rotatable bonds is 2. The van der Waals surface area contributed by atoms with Crippen molar-refractivity contribution >= 4 is 5.82 Å². The lowest BCUT2D eigenvalue weighted by molar-refractivity contribution is 0.546. The molecule has 3 aromatic rings. The smallest absolute Gasteiger partial charge is 0.155 e. The number of hydrogen-bond donors (Lipinski definition) is 2. The van der Waals surface area contributed by atoms with Crippen molar-refractivity contribution in [2.75, 3.05) is 5.73 Å². The first-order valence-electron chi connectivity index (χ1n) is 5.58. The summed E-state index contributed by atoms with van der Waals surface area (Å²) in [6.45, 7) is 1.89. The maximum absolute atomic E-state index is 5.89. The number of aryl methyl sites for hydroxylation is 1. The molecule has 0 aromatic carbocycles. The molecule has 3 aromatic heterocycles. The predicted molar refractivity (Wildman–Crippen MR) is 68.7 cm³/mol. The summed E-state index contributed by atoms with van der Waals surface area (Å²) < 4.78 is 5.59. The van der Waals surface area contributed by atoms with E-state index in [0.29, 0.717) is 11.6 Å². The van der Waals surface area contributed by atoms with E-state index < -0.39 is 0 Å². The van der Waals surface area contributed by atoms with Crippen LogP contribution in [0.25, 0.3) is 22.7 Å². The Labute approximate surface area is 104 Å². The molecule has 0 saturated carbocycles. The molecule has 0 aliphatic rings. The third-order valence-electron chi connectivity index (χ3n) is 2.70. The number of nitrogen functional groups attached to an aromatic ring is 1. The van der Waals surface area contributed by atoms with Gasteiger partial charge >= 0.3 is 0 Å². The topological polar surface area (TPSA) is 80.7 Å². The number of hydrogen-bond acceptors (Lipinski definition) is 4. The maximum atomic E-state index is 5.89. The molecule has 0 atom stereocenters. The summed E-state index contributed by atoms with van der Waals surface area (Å²) >= 11 is 0. The minimum atomic E-state index is 0.415. The van der Waals surface area contributed by atoms with Gasteiger partial charge in [-0.1, -0.05) is 6.07 Å². The average Bonchev–Trinajstić information content (AvgIpc) is 2.96. The van der Waals surface area contributed by atoms with Crippen molar-refractivity contribution in [3.8, 4) is 22.7 Å². The Hall–Kier alpha value is -2.56. The van der Waals surface area contributed by atoms with E-state index in [0.717, 1.165) is 22.7 Å². The minimum absolute atomic E-state index is 0.415. The second-order valence-corrected chi connectivity index (χ2v) is 3.98.